The molecule has 116 valence electrons. The summed E-state index contributed by atoms with van der Waals surface area (Å²) >= 11 is 0. The van der Waals surface area contributed by atoms with E-state index < -0.39 is 9.84 Å². The quantitative estimate of drug-likeness (QED) is 0.789. The second kappa shape index (κ2) is 5.65. The number of benzene rings is 1. The first kappa shape index (κ1) is 15.8. The highest BCUT2D eigenvalue weighted by Gasteiger charge is 2.29. The van der Waals surface area contributed by atoms with E-state index in [1.54, 1.807) is 7.05 Å². The fourth-order valence-corrected chi connectivity index (χ4v) is 3.19. The minimum Gasteiger partial charge on any atom is -0.399 e. The molecule has 0 heterocycles. The summed E-state index contributed by atoms with van der Waals surface area (Å²) in [4.78, 5) is 13.9. The van der Waals surface area contributed by atoms with Crippen molar-refractivity contribution in [2.24, 2.45) is 5.92 Å². The summed E-state index contributed by atoms with van der Waals surface area (Å²) in [5, 5.41) is 9.26. The Bertz CT molecular complexity index is 651. The van der Waals surface area contributed by atoms with Crippen LogP contribution < -0.4 is 5.73 Å². The average Bonchev–Trinajstić information content (AvgIpc) is 2.34. The van der Waals surface area contributed by atoms with Gasteiger partial charge in [-0.2, -0.15) is 0 Å². The van der Waals surface area contributed by atoms with Gasteiger partial charge >= 0.3 is 0 Å². The number of sulfone groups is 1. The summed E-state index contributed by atoms with van der Waals surface area (Å²) in [6.07, 6.45) is 2.21. The van der Waals surface area contributed by atoms with Gasteiger partial charge in [0.15, 0.2) is 9.84 Å². The first-order chi connectivity index (χ1) is 9.66. The van der Waals surface area contributed by atoms with E-state index in [4.69, 9.17) is 5.73 Å². The number of aliphatic hydroxyl groups excluding tert-OH is 1. The molecule has 6 nitrogen and oxygen atoms in total. The van der Waals surface area contributed by atoms with Gasteiger partial charge < -0.3 is 15.7 Å². The molecule has 0 saturated heterocycles. The molecule has 0 atom stereocenters. The fourth-order valence-electron chi connectivity index (χ4n) is 2.50. The van der Waals surface area contributed by atoms with Crippen LogP contribution in [0.3, 0.4) is 0 Å². The first-order valence-corrected chi connectivity index (χ1v) is 8.60. The summed E-state index contributed by atoms with van der Waals surface area (Å²) in [7, 11) is -1.75. The van der Waals surface area contributed by atoms with Gasteiger partial charge in [-0.3, -0.25) is 4.79 Å². The van der Waals surface area contributed by atoms with Gasteiger partial charge in [0.2, 0.25) is 0 Å². The SMILES string of the molecule is CN(CC1CC(O)C1)C(=O)c1cc(N)cc(S(C)(=O)=O)c1. The number of nitrogens with two attached hydrogens (primary N) is 1. The molecule has 0 unspecified atom stereocenters. The Balaban J connectivity index is 2.16. The third kappa shape index (κ3) is 3.74. The van der Waals surface area contributed by atoms with Crippen LogP contribution in [0.15, 0.2) is 23.1 Å². The zero-order valence-corrected chi connectivity index (χ0v) is 12.9. The third-order valence-corrected chi connectivity index (χ3v) is 4.79. The van der Waals surface area contributed by atoms with Crippen molar-refractivity contribution in [3.05, 3.63) is 23.8 Å². The molecule has 0 spiro atoms. The predicted molar refractivity (Wildman–Crippen MR) is 79.7 cm³/mol. The molecule has 1 fully saturated rings. The van der Waals surface area contributed by atoms with Gasteiger partial charge in [-0.15, -0.1) is 0 Å². The maximum Gasteiger partial charge on any atom is 0.253 e. The van der Waals surface area contributed by atoms with Crippen molar-refractivity contribution in [3.8, 4) is 0 Å². The number of aliphatic hydroxyl groups is 1. The summed E-state index contributed by atoms with van der Waals surface area (Å²) < 4.78 is 23.2. The van der Waals surface area contributed by atoms with Gasteiger partial charge in [-0.1, -0.05) is 0 Å². The van der Waals surface area contributed by atoms with Crippen molar-refractivity contribution < 1.29 is 18.3 Å². The number of amides is 1. The summed E-state index contributed by atoms with van der Waals surface area (Å²) in [5.41, 5.74) is 6.19. The lowest BCUT2D eigenvalue weighted by molar-refractivity contribution is 0.0265. The van der Waals surface area contributed by atoms with Crippen LogP contribution in [0.5, 0.6) is 0 Å². The Kier molecular flexibility index (Phi) is 4.25. The van der Waals surface area contributed by atoms with Crippen molar-refractivity contribution in [1.82, 2.24) is 4.90 Å². The molecule has 0 aliphatic heterocycles. The minimum atomic E-state index is -3.41. The lowest BCUT2D eigenvalue weighted by Gasteiger charge is -2.34. The summed E-state index contributed by atoms with van der Waals surface area (Å²) in [5.74, 6) is 0.0259. The fraction of sp³-hybridized carbons (Fsp3) is 0.500. The van der Waals surface area contributed by atoms with Crippen LogP contribution >= 0.6 is 0 Å². The number of carbonyl (C=O) groups is 1. The Morgan fingerprint density at radius 1 is 1.38 bits per heavy atom. The second-order valence-corrected chi connectivity index (χ2v) is 7.76. The lowest BCUT2D eigenvalue weighted by atomic mass is 9.82. The van der Waals surface area contributed by atoms with Gasteiger partial charge in [-0.25, -0.2) is 8.42 Å². The number of hydrogen-bond acceptors (Lipinski definition) is 5. The molecule has 1 aliphatic rings. The van der Waals surface area contributed by atoms with E-state index in [2.05, 4.69) is 0 Å². The third-order valence-electron chi connectivity index (χ3n) is 3.69. The highest BCUT2D eigenvalue weighted by atomic mass is 32.2. The number of nitrogen functional groups attached to an aromatic ring is 1. The van der Waals surface area contributed by atoms with E-state index >= 15 is 0 Å². The van der Waals surface area contributed by atoms with Crippen LogP contribution in [0, 0.1) is 5.92 Å². The second-order valence-electron chi connectivity index (χ2n) is 5.74. The molecule has 0 bridgehead atoms. The van der Waals surface area contributed by atoms with Crippen LogP contribution in [0.25, 0.3) is 0 Å². The number of hydrogen-bond donors (Lipinski definition) is 2. The van der Waals surface area contributed by atoms with Crippen LogP contribution in [0.1, 0.15) is 23.2 Å². The van der Waals surface area contributed by atoms with Gasteiger partial charge in [-0.05, 0) is 37.0 Å². The maximum absolute atomic E-state index is 12.3. The van der Waals surface area contributed by atoms with Gasteiger partial charge in [0.25, 0.3) is 5.91 Å². The largest absolute Gasteiger partial charge is 0.399 e. The van der Waals surface area contributed by atoms with Crippen molar-refractivity contribution >= 4 is 21.4 Å². The molecule has 21 heavy (non-hydrogen) atoms. The summed E-state index contributed by atoms with van der Waals surface area (Å²) in [6, 6.07) is 4.16. The minimum absolute atomic E-state index is 0.0401. The van der Waals surface area contributed by atoms with E-state index in [1.807, 2.05) is 0 Å². The van der Waals surface area contributed by atoms with E-state index in [-0.39, 0.29) is 28.2 Å². The molecule has 3 N–H and O–H groups in total. The molecule has 1 aliphatic carbocycles. The van der Waals surface area contributed by atoms with E-state index in [0.717, 1.165) is 6.26 Å². The highest BCUT2D eigenvalue weighted by Crippen LogP contribution is 2.28. The molecule has 1 amide bonds. The Morgan fingerprint density at radius 3 is 2.52 bits per heavy atom. The van der Waals surface area contributed by atoms with Crippen molar-refractivity contribution in [3.63, 3.8) is 0 Å². The van der Waals surface area contributed by atoms with Crippen molar-refractivity contribution in [2.45, 2.75) is 23.8 Å². The number of rotatable bonds is 4. The normalized spacial score (nSPS) is 21.7. The maximum atomic E-state index is 12.3. The van der Waals surface area contributed by atoms with E-state index in [0.29, 0.717) is 25.3 Å². The number of nitrogens with zero attached hydrogens (tertiary/aromatic N) is 1. The molecule has 1 aromatic rings. The standard InChI is InChI=1S/C14H20N2O4S/c1-16(8-9-3-12(17)4-9)14(18)10-5-11(15)7-13(6-10)21(2,19)20/h5-7,9,12,17H,3-4,8,15H2,1-2H3. The summed E-state index contributed by atoms with van der Waals surface area (Å²) in [6.45, 7) is 0.541. The van der Waals surface area contributed by atoms with Crippen molar-refractivity contribution in [2.75, 3.05) is 25.6 Å². The average molecular weight is 312 g/mol. The molecule has 1 aromatic carbocycles. The number of carbonyl (C=O) groups excluding carboxylic acids is 1. The molecule has 7 heteroatoms. The predicted octanol–water partition coefficient (Wildman–Crippen LogP) is 0.515. The lowest BCUT2D eigenvalue weighted by Crippen LogP contribution is -2.39. The Morgan fingerprint density at radius 2 is 2.00 bits per heavy atom. The molecule has 2 rings (SSSR count). The van der Waals surface area contributed by atoms with Crippen molar-refractivity contribution in [1.29, 1.82) is 0 Å². The highest BCUT2D eigenvalue weighted by molar-refractivity contribution is 7.90. The van der Waals surface area contributed by atoms with Crippen LogP contribution in [-0.2, 0) is 9.84 Å². The van der Waals surface area contributed by atoms with Gasteiger partial charge in [0.05, 0.1) is 11.0 Å². The molecular weight excluding hydrogens is 292 g/mol. The molecule has 1 saturated carbocycles. The van der Waals surface area contributed by atoms with Gasteiger partial charge in [0, 0.05) is 31.1 Å². The smallest absolute Gasteiger partial charge is 0.253 e. The van der Waals surface area contributed by atoms with Crippen LogP contribution in [0.4, 0.5) is 5.69 Å². The first-order valence-electron chi connectivity index (χ1n) is 6.71. The Hall–Kier alpha value is -1.60. The number of anilines is 1. The van der Waals surface area contributed by atoms with Crippen LogP contribution in [-0.4, -0.2) is 50.3 Å². The van der Waals surface area contributed by atoms with E-state index in [1.165, 1.54) is 23.1 Å². The zero-order valence-electron chi connectivity index (χ0n) is 12.1. The topological polar surface area (TPSA) is 101 Å². The molecular formula is C14H20N2O4S. The van der Waals surface area contributed by atoms with Gasteiger partial charge in [0.1, 0.15) is 0 Å². The van der Waals surface area contributed by atoms with Crippen LogP contribution in [0.2, 0.25) is 0 Å². The monoisotopic (exact) mass is 312 g/mol. The molecule has 0 aromatic heterocycles. The Labute approximate surface area is 124 Å². The van der Waals surface area contributed by atoms with E-state index in [9.17, 15) is 18.3 Å². The molecule has 0 radical (unpaired) electrons. The zero-order chi connectivity index (χ0) is 15.8.